The van der Waals surface area contributed by atoms with Gasteiger partial charge in [0.2, 0.25) is 11.8 Å². The molecule has 0 aliphatic carbocycles. The quantitative estimate of drug-likeness (QED) is 0.650. The van der Waals surface area contributed by atoms with Crippen LogP contribution in [0.2, 0.25) is 5.02 Å². The van der Waals surface area contributed by atoms with Crippen molar-refractivity contribution in [1.29, 1.82) is 0 Å². The zero-order valence-corrected chi connectivity index (χ0v) is 12.6. The van der Waals surface area contributed by atoms with Crippen LogP contribution in [0, 0.1) is 0 Å². The van der Waals surface area contributed by atoms with Crippen molar-refractivity contribution in [3.63, 3.8) is 0 Å². The number of carbonyl (C=O) groups is 2. The third-order valence-electron chi connectivity index (χ3n) is 2.70. The summed E-state index contributed by atoms with van der Waals surface area (Å²) in [4.78, 5) is 23.1. The third-order valence-corrected chi connectivity index (χ3v) is 2.95. The lowest BCUT2D eigenvalue weighted by Gasteiger charge is -2.15. The number of benzene rings is 1. The monoisotopic (exact) mass is 314 g/mol. The van der Waals surface area contributed by atoms with Crippen LogP contribution >= 0.6 is 11.6 Å². The molecule has 0 spiro atoms. The zero-order valence-electron chi connectivity index (χ0n) is 11.8. The Balaban J connectivity index is 2.48. The van der Waals surface area contributed by atoms with Gasteiger partial charge in [0, 0.05) is 18.6 Å². The maximum absolute atomic E-state index is 11.7. The van der Waals surface area contributed by atoms with E-state index in [0.29, 0.717) is 24.7 Å². The van der Waals surface area contributed by atoms with Crippen molar-refractivity contribution >= 4 is 23.4 Å². The van der Waals surface area contributed by atoms with E-state index in [1.54, 1.807) is 31.4 Å². The number of hydrogen-bond donors (Lipinski definition) is 2. The summed E-state index contributed by atoms with van der Waals surface area (Å²) >= 11 is 5.79. The molecule has 116 valence electrons. The summed E-state index contributed by atoms with van der Waals surface area (Å²) in [7, 11) is 1.54. The fourth-order valence-corrected chi connectivity index (χ4v) is 1.75. The topological polar surface area (TPSA) is 90.7 Å². The first-order chi connectivity index (χ1) is 10.0. The predicted octanol–water partition coefficient (Wildman–Crippen LogP) is 0.516. The number of halogens is 1. The van der Waals surface area contributed by atoms with Crippen molar-refractivity contribution in [3.8, 4) is 0 Å². The molecule has 2 amide bonds. The molecule has 0 heterocycles. The van der Waals surface area contributed by atoms with Gasteiger partial charge in [0.05, 0.1) is 13.2 Å². The fraction of sp³-hybridized carbons (Fsp3) is 0.429. The summed E-state index contributed by atoms with van der Waals surface area (Å²) < 4.78 is 9.87. The third kappa shape index (κ3) is 7.08. The molecule has 0 aliphatic heterocycles. The van der Waals surface area contributed by atoms with Gasteiger partial charge in [0.15, 0.2) is 0 Å². The minimum Gasteiger partial charge on any atom is -0.382 e. The van der Waals surface area contributed by atoms with Gasteiger partial charge in [-0.3, -0.25) is 9.59 Å². The minimum atomic E-state index is -0.787. The summed E-state index contributed by atoms with van der Waals surface area (Å²) in [6.07, 6.45) is 0.302. The second kappa shape index (κ2) is 9.33. The number of nitrogens with two attached hydrogens (primary N) is 1. The Morgan fingerprint density at radius 3 is 2.52 bits per heavy atom. The lowest BCUT2D eigenvalue weighted by Crippen LogP contribution is -2.47. The lowest BCUT2D eigenvalue weighted by atomic mass is 10.1. The van der Waals surface area contributed by atoms with Crippen LogP contribution < -0.4 is 11.1 Å². The van der Waals surface area contributed by atoms with E-state index in [4.69, 9.17) is 26.8 Å². The van der Waals surface area contributed by atoms with Crippen LogP contribution in [0.3, 0.4) is 0 Å². The number of primary amides is 1. The number of nitrogens with one attached hydrogen (secondary N) is 1. The molecule has 1 aromatic rings. The van der Waals surface area contributed by atoms with Crippen LogP contribution in [-0.2, 0) is 25.5 Å². The Morgan fingerprint density at radius 2 is 1.95 bits per heavy atom. The highest BCUT2D eigenvalue weighted by Gasteiger charge is 2.18. The predicted molar refractivity (Wildman–Crippen MR) is 79.0 cm³/mol. The smallest absolute Gasteiger partial charge is 0.246 e. The largest absolute Gasteiger partial charge is 0.382 e. The van der Waals surface area contributed by atoms with E-state index < -0.39 is 17.9 Å². The number of amides is 2. The van der Waals surface area contributed by atoms with Gasteiger partial charge in [-0.2, -0.15) is 0 Å². The highest BCUT2D eigenvalue weighted by molar-refractivity contribution is 6.30. The number of carbonyl (C=O) groups excluding carboxylic acids is 2. The van der Waals surface area contributed by atoms with Crippen molar-refractivity contribution < 1.29 is 19.1 Å². The molecule has 0 unspecified atom stereocenters. The van der Waals surface area contributed by atoms with Crippen molar-refractivity contribution in [1.82, 2.24) is 5.32 Å². The molecule has 1 atom stereocenters. The maximum Gasteiger partial charge on any atom is 0.246 e. The van der Waals surface area contributed by atoms with Crippen molar-refractivity contribution in [2.75, 3.05) is 26.9 Å². The molecule has 1 rings (SSSR count). The number of rotatable bonds is 9. The number of ether oxygens (including phenoxy) is 2. The van der Waals surface area contributed by atoms with Crippen LogP contribution in [0.15, 0.2) is 24.3 Å². The molecule has 7 heteroatoms. The number of methoxy groups -OCH3 is 1. The fourth-order valence-electron chi connectivity index (χ4n) is 1.62. The Hall–Kier alpha value is -1.63. The van der Waals surface area contributed by atoms with E-state index in [0.717, 1.165) is 5.56 Å². The van der Waals surface area contributed by atoms with E-state index in [-0.39, 0.29) is 6.61 Å². The molecular formula is C14H19ClN2O4. The molecule has 0 aromatic heterocycles. The van der Waals surface area contributed by atoms with Gasteiger partial charge in [-0.15, -0.1) is 0 Å². The summed E-state index contributed by atoms with van der Waals surface area (Å²) in [6, 6.07) is 6.19. The Kier molecular flexibility index (Phi) is 7.74. The molecular weight excluding hydrogens is 296 g/mol. The average Bonchev–Trinajstić information content (AvgIpc) is 2.45. The summed E-state index contributed by atoms with van der Waals surface area (Å²) in [5.41, 5.74) is 6.15. The molecule has 0 saturated carbocycles. The molecule has 0 bridgehead atoms. The molecule has 0 saturated heterocycles. The van der Waals surface area contributed by atoms with Crippen LogP contribution in [0.4, 0.5) is 0 Å². The minimum absolute atomic E-state index is 0.145. The van der Waals surface area contributed by atoms with E-state index in [1.165, 1.54) is 0 Å². The standard InChI is InChI=1S/C14H19ClN2O4/c1-20-6-7-21-9-13(18)17-12(14(16)19)8-10-2-4-11(15)5-3-10/h2-5,12H,6-9H2,1H3,(H2,16,19)(H,17,18)/t12-/m0/s1. The maximum atomic E-state index is 11.7. The molecule has 0 radical (unpaired) electrons. The van der Waals surface area contributed by atoms with Gasteiger partial charge in [-0.1, -0.05) is 23.7 Å². The second-order valence-corrected chi connectivity index (χ2v) is 4.83. The van der Waals surface area contributed by atoms with Crippen LogP contribution in [0.5, 0.6) is 0 Å². The first kappa shape index (κ1) is 17.4. The number of hydrogen-bond acceptors (Lipinski definition) is 4. The van der Waals surface area contributed by atoms with Gasteiger partial charge >= 0.3 is 0 Å². The molecule has 0 fully saturated rings. The highest BCUT2D eigenvalue weighted by Crippen LogP contribution is 2.11. The van der Waals surface area contributed by atoms with Crippen molar-refractivity contribution in [2.24, 2.45) is 5.73 Å². The molecule has 3 N–H and O–H groups in total. The van der Waals surface area contributed by atoms with Crippen LogP contribution in [-0.4, -0.2) is 44.8 Å². The van der Waals surface area contributed by atoms with Crippen molar-refractivity contribution in [3.05, 3.63) is 34.9 Å². The Morgan fingerprint density at radius 1 is 1.29 bits per heavy atom. The van der Waals surface area contributed by atoms with E-state index in [1.807, 2.05) is 0 Å². The molecule has 0 aliphatic rings. The first-order valence-corrected chi connectivity index (χ1v) is 6.80. The normalized spacial score (nSPS) is 11.9. The van der Waals surface area contributed by atoms with Gasteiger partial charge in [-0.05, 0) is 17.7 Å². The van der Waals surface area contributed by atoms with Gasteiger partial charge in [0.25, 0.3) is 0 Å². The van der Waals surface area contributed by atoms with Crippen molar-refractivity contribution in [2.45, 2.75) is 12.5 Å². The Labute approximate surface area is 128 Å². The molecule has 21 heavy (non-hydrogen) atoms. The van der Waals surface area contributed by atoms with Crippen LogP contribution in [0.25, 0.3) is 0 Å². The molecule has 1 aromatic carbocycles. The summed E-state index contributed by atoms with van der Waals surface area (Å²) in [5, 5.41) is 3.15. The SMILES string of the molecule is COCCOCC(=O)N[C@@H](Cc1ccc(Cl)cc1)C(N)=O. The van der Waals surface area contributed by atoms with E-state index in [9.17, 15) is 9.59 Å². The Bertz CT molecular complexity index is 465. The van der Waals surface area contributed by atoms with Gasteiger partial charge < -0.3 is 20.5 Å². The summed E-state index contributed by atoms with van der Waals surface area (Å²) in [5.74, 6) is -1.00. The lowest BCUT2D eigenvalue weighted by molar-refractivity contribution is -0.130. The highest BCUT2D eigenvalue weighted by atomic mass is 35.5. The average molecular weight is 315 g/mol. The van der Waals surface area contributed by atoms with Gasteiger partial charge in [0.1, 0.15) is 12.6 Å². The van der Waals surface area contributed by atoms with E-state index >= 15 is 0 Å². The molecule has 6 nitrogen and oxygen atoms in total. The van der Waals surface area contributed by atoms with E-state index in [2.05, 4.69) is 5.32 Å². The van der Waals surface area contributed by atoms with Gasteiger partial charge in [-0.25, -0.2) is 0 Å². The summed E-state index contributed by atoms with van der Waals surface area (Å²) in [6.45, 7) is 0.563. The second-order valence-electron chi connectivity index (χ2n) is 4.40. The first-order valence-electron chi connectivity index (χ1n) is 6.42. The zero-order chi connectivity index (χ0) is 15.7. The van der Waals surface area contributed by atoms with Crippen LogP contribution in [0.1, 0.15) is 5.56 Å².